The zero-order valence-corrected chi connectivity index (χ0v) is 6.99. The van der Waals surface area contributed by atoms with E-state index in [0.717, 1.165) is 5.56 Å². The van der Waals surface area contributed by atoms with Gasteiger partial charge in [-0.3, -0.25) is 4.98 Å². The summed E-state index contributed by atoms with van der Waals surface area (Å²) in [5.41, 5.74) is 11.8. The summed E-state index contributed by atoms with van der Waals surface area (Å²) in [7, 11) is 0. The highest BCUT2D eigenvalue weighted by Crippen LogP contribution is 2.17. The Balaban J connectivity index is 3.03. The molecule has 0 radical (unpaired) electrons. The van der Waals surface area contributed by atoms with Crippen molar-refractivity contribution < 1.29 is 5.11 Å². The number of nitrogens with two attached hydrogens (primary N) is 2. The Labute approximate surface area is 71.2 Å². The zero-order valence-electron chi connectivity index (χ0n) is 6.99. The highest BCUT2D eigenvalue weighted by atomic mass is 16.3. The van der Waals surface area contributed by atoms with Gasteiger partial charge in [0.1, 0.15) is 0 Å². The Morgan fingerprint density at radius 3 is 2.75 bits per heavy atom. The van der Waals surface area contributed by atoms with E-state index in [0.29, 0.717) is 5.69 Å². The van der Waals surface area contributed by atoms with Crippen molar-refractivity contribution in [1.29, 1.82) is 0 Å². The third kappa shape index (κ3) is 1.72. The van der Waals surface area contributed by atoms with Crippen LogP contribution in [0.15, 0.2) is 18.5 Å². The molecule has 0 spiro atoms. The summed E-state index contributed by atoms with van der Waals surface area (Å²) in [5, 5.41) is 8.94. The van der Waals surface area contributed by atoms with Gasteiger partial charge in [0.2, 0.25) is 0 Å². The number of anilines is 1. The third-order valence-electron chi connectivity index (χ3n) is 1.75. The monoisotopic (exact) mass is 167 g/mol. The molecule has 4 heteroatoms. The van der Waals surface area contributed by atoms with Crippen LogP contribution in [-0.2, 0) is 5.54 Å². The topological polar surface area (TPSA) is 85.2 Å². The molecule has 12 heavy (non-hydrogen) atoms. The van der Waals surface area contributed by atoms with Crippen molar-refractivity contribution in [3.05, 3.63) is 24.0 Å². The molecular formula is C8H13N3O. The predicted molar refractivity (Wildman–Crippen MR) is 47.3 cm³/mol. The van der Waals surface area contributed by atoms with E-state index in [1.54, 1.807) is 19.2 Å². The van der Waals surface area contributed by atoms with Gasteiger partial charge in [0.05, 0.1) is 17.8 Å². The molecule has 0 fully saturated rings. The fourth-order valence-electron chi connectivity index (χ4n) is 0.861. The Hall–Kier alpha value is -1.13. The van der Waals surface area contributed by atoms with E-state index in [4.69, 9.17) is 16.6 Å². The largest absolute Gasteiger partial charge is 0.397 e. The lowest BCUT2D eigenvalue weighted by Crippen LogP contribution is -2.37. The Kier molecular flexibility index (Phi) is 2.30. The molecule has 0 aliphatic rings. The SMILES string of the molecule is CC(N)(CO)c1cncc(N)c1. The van der Waals surface area contributed by atoms with Crippen molar-refractivity contribution in [2.45, 2.75) is 12.5 Å². The summed E-state index contributed by atoms with van der Waals surface area (Å²) in [6.45, 7) is 1.60. The second kappa shape index (κ2) is 3.08. The number of nitrogens with zero attached hydrogens (tertiary/aromatic N) is 1. The highest BCUT2D eigenvalue weighted by Gasteiger charge is 2.19. The fourth-order valence-corrected chi connectivity index (χ4v) is 0.861. The average Bonchev–Trinajstić information content (AvgIpc) is 2.05. The molecule has 4 nitrogen and oxygen atoms in total. The molecule has 0 bridgehead atoms. The first-order chi connectivity index (χ1) is 5.56. The molecule has 1 aromatic rings. The van der Waals surface area contributed by atoms with Gasteiger partial charge >= 0.3 is 0 Å². The summed E-state index contributed by atoms with van der Waals surface area (Å²) in [4.78, 5) is 3.88. The maximum Gasteiger partial charge on any atom is 0.0651 e. The van der Waals surface area contributed by atoms with Gasteiger partial charge in [-0.25, -0.2) is 0 Å². The lowest BCUT2D eigenvalue weighted by Gasteiger charge is -2.21. The number of hydrogen-bond donors (Lipinski definition) is 3. The third-order valence-corrected chi connectivity index (χ3v) is 1.75. The van der Waals surface area contributed by atoms with Crippen LogP contribution < -0.4 is 11.5 Å². The lowest BCUT2D eigenvalue weighted by molar-refractivity contribution is 0.210. The minimum atomic E-state index is -0.762. The van der Waals surface area contributed by atoms with Crippen molar-refractivity contribution in [1.82, 2.24) is 4.98 Å². The molecule has 0 saturated carbocycles. The average molecular weight is 167 g/mol. The quantitative estimate of drug-likeness (QED) is 0.571. The van der Waals surface area contributed by atoms with Gasteiger partial charge in [0, 0.05) is 12.4 Å². The number of aliphatic hydroxyl groups is 1. The lowest BCUT2D eigenvalue weighted by atomic mass is 9.96. The molecule has 0 aromatic carbocycles. The molecule has 0 saturated heterocycles. The van der Waals surface area contributed by atoms with Crippen LogP contribution in [0.4, 0.5) is 5.69 Å². The fraction of sp³-hybridized carbons (Fsp3) is 0.375. The minimum absolute atomic E-state index is 0.127. The van der Waals surface area contributed by atoms with Crippen LogP contribution in [0.1, 0.15) is 12.5 Å². The maximum absolute atomic E-state index is 8.94. The molecule has 1 aromatic heterocycles. The van der Waals surface area contributed by atoms with E-state index in [1.807, 2.05) is 0 Å². The van der Waals surface area contributed by atoms with E-state index in [-0.39, 0.29) is 6.61 Å². The molecule has 1 heterocycles. The second-order valence-corrected chi connectivity index (χ2v) is 3.08. The first kappa shape index (κ1) is 8.96. The molecule has 5 N–H and O–H groups in total. The predicted octanol–water partition coefficient (Wildman–Crippen LogP) is -0.170. The smallest absolute Gasteiger partial charge is 0.0651 e. The summed E-state index contributed by atoms with van der Waals surface area (Å²) >= 11 is 0. The Morgan fingerprint density at radius 1 is 1.58 bits per heavy atom. The van der Waals surface area contributed by atoms with Crippen LogP contribution in [0.2, 0.25) is 0 Å². The van der Waals surface area contributed by atoms with E-state index in [9.17, 15) is 0 Å². The van der Waals surface area contributed by atoms with E-state index >= 15 is 0 Å². The molecule has 1 atom stereocenters. The van der Waals surface area contributed by atoms with E-state index in [1.165, 1.54) is 6.20 Å². The normalized spacial score (nSPS) is 15.6. The molecule has 1 rings (SSSR count). The molecule has 0 aliphatic carbocycles. The van der Waals surface area contributed by atoms with Crippen molar-refractivity contribution in [2.75, 3.05) is 12.3 Å². The minimum Gasteiger partial charge on any atom is -0.397 e. The van der Waals surface area contributed by atoms with Crippen LogP contribution in [0.3, 0.4) is 0 Å². The van der Waals surface area contributed by atoms with Crippen LogP contribution >= 0.6 is 0 Å². The highest BCUT2D eigenvalue weighted by molar-refractivity contribution is 5.39. The summed E-state index contributed by atoms with van der Waals surface area (Å²) < 4.78 is 0. The van der Waals surface area contributed by atoms with Gasteiger partial charge in [-0.15, -0.1) is 0 Å². The Bertz CT molecular complexity index is 273. The van der Waals surface area contributed by atoms with Gasteiger partial charge in [-0.2, -0.15) is 0 Å². The summed E-state index contributed by atoms with van der Waals surface area (Å²) in [6, 6.07) is 1.71. The van der Waals surface area contributed by atoms with Crippen LogP contribution in [-0.4, -0.2) is 16.7 Å². The molecular weight excluding hydrogens is 154 g/mol. The molecule has 66 valence electrons. The van der Waals surface area contributed by atoms with Gasteiger partial charge in [-0.1, -0.05) is 0 Å². The van der Waals surface area contributed by atoms with E-state index in [2.05, 4.69) is 4.98 Å². The molecule has 1 unspecified atom stereocenters. The van der Waals surface area contributed by atoms with Crippen molar-refractivity contribution in [3.63, 3.8) is 0 Å². The number of pyridine rings is 1. The number of aliphatic hydroxyl groups excluding tert-OH is 1. The number of aromatic nitrogens is 1. The van der Waals surface area contributed by atoms with Crippen molar-refractivity contribution in [3.8, 4) is 0 Å². The summed E-state index contributed by atoms with van der Waals surface area (Å²) in [6.07, 6.45) is 3.14. The number of rotatable bonds is 2. The van der Waals surface area contributed by atoms with Gasteiger partial charge in [0.25, 0.3) is 0 Å². The zero-order chi connectivity index (χ0) is 9.19. The second-order valence-electron chi connectivity index (χ2n) is 3.08. The van der Waals surface area contributed by atoms with Crippen LogP contribution in [0.25, 0.3) is 0 Å². The van der Waals surface area contributed by atoms with Gasteiger partial charge in [-0.05, 0) is 18.6 Å². The molecule has 0 aliphatic heterocycles. The van der Waals surface area contributed by atoms with Crippen molar-refractivity contribution in [2.24, 2.45) is 5.73 Å². The number of nitrogen functional groups attached to an aromatic ring is 1. The van der Waals surface area contributed by atoms with Crippen LogP contribution in [0, 0.1) is 0 Å². The standard InChI is InChI=1S/C8H13N3O/c1-8(10,5-12)6-2-7(9)4-11-3-6/h2-4,12H,5,9-10H2,1H3. The van der Waals surface area contributed by atoms with Gasteiger partial charge < -0.3 is 16.6 Å². The van der Waals surface area contributed by atoms with Crippen LogP contribution in [0.5, 0.6) is 0 Å². The molecule has 0 amide bonds. The maximum atomic E-state index is 8.94. The Morgan fingerprint density at radius 2 is 2.25 bits per heavy atom. The van der Waals surface area contributed by atoms with Gasteiger partial charge in [0.15, 0.2) is 0 Å². The number of hydrogen-bond acceptors (Lipinski definition) is 4. The van der Waals surface area contributed by atoms with Crippen molar-refractivity contribution >= 4 is 5.69 Å². The first-order valence-corrected chi connectivity index (χ1v) is 3.67. The first-order valence-electron chi connectivity index (χ1n) is 3.67. The summed E-state index contributed by atoms with van der Waals surface area (Å²) in [5.74, 6) is 0. The van der Waals surface area contributed by atoms with E-state index < -0.39 is 5.54 Å².